The maximum atomic E-state index is 13.5. The highest BCUT2D eigenvalue weighted by atomic mass is 32.2. The number of benzene rings is 1. The molecule has 11 heteroatoms. The van der Waals surface area contributed by atoms with Gasteiger partial charge in [-0.25, -0.2) is 13.1 Å². The highest BCUT2D eigenvalue weighted by Gasteiger charge is 2.40. The Morgan fingerprint density at radius 2 is 1.94 bits per heavy atom. The Morgan fingerprint density at radius 3 is 2.65 bits per heavy atom. The van der Waals surface area contributed by atoms with Crippen molar-refractivity contribution in [3.8, 4) is 5.75 Å². The van der Waals surface area contributed by atoms with Crippen LogP contribution in [0.2, 0.25) is 0 Å². The largest absolute Gasteiger partial charge is 0.504 e. The van der Waals surface area contributed by atoms with E-state index in [1.807, 2.05) is 35.2 Å². The van der Waals surface area contributed by atoms with Gasteiger partial charge in [0.15, 0.2) is 17.4 Å². The summed E-state index contributed by atoms with van der Waals surface area (Å²) < 4.78 is 34.9. The number of hydrogen-bond donors (Lipinski definition) is 2. The van der Waals surface area contributed by atoms with Gasteiger partial charge in [0.05, 0.1) is 19.7 Å². The SMILES string of the molecule is COC1=CC2C(C=C1)N=C(c1c(O)c(N3CCCC3)nn(Cc3ccccc3)c1=O)NS2(=O)=O. The Hall–Kier alpha value is -3.60. The number of sulfonamides is 1. The first-order valence-electron chi connectivity index (χ1n) is 11.0. The molecule has 2 unspecified atom stereocenters. The molecule has 1 aromatic carbocycles. The lowest BCUT2D eigenvalue weighted by atomic mass is 10.1. The van der Waals surface area contributed by atoms with Gasteiger partial charge in [0, 0.05) is 13.1 Å². The van der Waals surface area contributed by atoms with Crippen molar-refractivity contribution in [3.05, 3.63) is 75.8 Å². The minimum Gasteiger partial charge on any atom is -0.504 e. The molecule has 10 nitrogen and oxygen atoms in total. The zero-order chi connectivity index (χ0) is 23.9. The van der Waals surface area contributed by atoms with Crippen molar-refractivity contribution in [2.24, 2.45) is 4.99 Å². The van der Waals surface area contributed by atoms with E-state index in [0.29, 0.717) is 18.8 Å². The second-order valence-corrected chi connectivity index (χ2v) is 10.2. The summed E-state index contributed by atoms with van der Waals surface area (Å²) in [5.74, 6) is 0.0997. The van der Waals surface area contributed by atoms with E-state index in [-0.39, 0.29) is 29.5 Å². The molecule has 3 aliphatic rings. The fraction of sp³-hybridized carbons (Fsp3) is 0.348. The average Bonchev–Trinajstić information content (AvgIpc) is 3.36. The normalized spacial score (nSPS) is 23.0. The second-order valence-electron chi connectivity index (χ2n) is 8.40. The van der Waals surface area contributed by atoms with Gasteiger partial charge in [0.1, 0.15) is 16.6 Å². The highest BCUT2D eigenvalue weighted by molar-refractivity contribution is 7.91. The van der Waals surface area contributed by atoms with E-state index in [2.05, 4.69) is 14.8 Å². The van der Waals surface area contributed by atoms with E-state index >= 15 is 0 Å². The first kappa shape index (κ1) is 22.2. The third-order valence-electron chi connectivity index (χ3n) is 6.16. The zero-order valence-corrected chi connectivity index (χ0v) is 19.4. The lowest BCUT2D eigenvalue weighted by Crippen LogP contribution is -2.50. The molecule has 3 heterocycles. The lowest BCUT2D eigenvalue weighted by molar-refractivity contribution is 0.303. The summed E-state index contributed by atoms with van der Waals surface area (Å²) in [6.45, 7) is 1.53. The summed E-state index contributed by atoms with van der Waals surface area (Å²) in [4.78, 5) is 19.9. The van der Waals surface area contributed by atoms with E-state index in [0.717, 1.165) is 18.4 Å². The minimum absolute atomic E-state index is 0.166. The van der Waals surface area contributed by atoms with Crippen LogP contribution < -0.4 is 15.2 Å². The molecular formula is C23H25N5O5S. The van der Waals surface area contributed by atoms with Crippen LogP contribution in [0.5, 0.6) is 5.75 Å². The second kappa shape index (κ2) is 8.64. The number of aromatic nitrogens is 2. The molecule has 34 heavy (non-hydrogen) atoms. The summed E-state index contributed by atoms with van der Waals surface area (Å²) in [5.41, 5.74) is 0.0154. The number of hydrogen-bond acceptors (Lipinski definition) is 8. The van der Waals surface area contributed by atoms with Crippen LogP contribution in [0, 0.1) is 0 Å². The number of anilines is 1. The predicted octanol–water partition coefficient (Wildman–Crippen LogP) is 1.11. The monoisotopic (exact) mass is 483 g/mol. The number of nitrogens with zero attached hydrogens (tertiary/aromatic N) is 4. The maximum absolute atomic E-state index is 13.5. The third kappa shape index (κ3) is 3.96. The number of methoxy groups -OCH3 is 1. The lowest BCUT2D eigenvalue weighted by Gasteiger charge is -2.29. The molecule has 0 radical (unpaired) electrons. The Labute approximate surface area is 196 Å². The van der Waals surface area contributed by atoms with Crippen molar-refractivity contribution in [2.45, 2.75) is 30.7 Å². The van der Waals surface area contributed by atoms with E-state index in [9.17, 15) is 18.3 Å². The minimum atomic E-state index is -3.94. The molecule has 2 aromatic rings. The van der Waals surface area contributed by atoms with Gasteiger partial charge in [-0.1, -0.05) is 36.4 Å². The van der Waals surface area contributed by atoms with E-state index in [4.69, 9.17) is 4.74 Å². The van der Waals surface area contributed by atoms with Crippen molar-refractivity contribution in [1.82, 2.24) is 14.5 Å². The van der Waals surface area contributed by atoms with Crippen LogP contribution >= 0.6 is 0 Å². The maximum Gasteiger partial charge on any atom is 0.282 e. The molecule has 2 atom stereocenters. The van der Waals surface area contributed by atoms with Crippen LogP contribution in [0.3, 0.4) is 0 Å². The molecule has 0 bridgehead atoms. The molecule has 2 aliphatic heterocycles. The van der Waals surface area contributed by atoms with Gasteiger partial charge in [-0.15, -0.1) is 5.10 Å². The Bertz CT molecular complexity index is 1360. The van der Waals surface area contributed by atoms with Gasteiger partial charge in [-0.3, -0.25) is 14.5 Å². The standard InChI is InChI=1S/C23H25N5O5S/c1-33-16-9-10-17-18(13-16)34(31,32)26-21(24-17)19-20(29)22(27-11-5-6-12-27)25-28(23(19)30)14-15-7-3-2-4-8-15/h2-4,7-10,13,17-18,29H,5-6,11-12,14H2,1H3,(H,24,26). The molecule has 5 rings (SSSR count). The Balaban J connectivity index is 1.65. The van der Waals surface area contributed by atoms with Crippen molar-refractivity contribution in [3.63, 3.8) is 0 Å². The molecule has 0 saturated carbocycles. The van der Waals surface area contributed by atoms with Crippen molar-refractivity contribution in [1.29, 1.82) is 0 Å². The average molecular weight is 484 g/mol. The summed E-state index contributed by atoms with van der Waals surface area (Å²) in [6, 6.07) is 8.58. The van der Waals surface area contributed by atoms with Gasteiger partial charge in [0.25, 0.3) is 5.56 Å². The molecule has 2 N–H and O–H groups in total. The Morgan fingerprint density at radius 1 is 1.21 bits per heavy atom. The van der Waals surface area contributed by atoms with Crippen molar-refractivity contribution >= 4 is 21.7 Å². The van der Waals surface area contributed by atoms with E-state index in [1.54, 1.807) is 12.2 Å². The van der Waals surface area contributed by atoms with Gasteiger partial charge in [-0.05, 0) is 30.6 Å². The molecule has 1 aliphatic carbocycles. The molecule has 1 saturated heterocycles. The zero-order valence-electron chi connectivity index (χ0n) is 18.6. The fourth-order valence-electron chi connectivity index (χ4n) is 4.41. The van der Waals surface area contributed by atoms with Crippen molar-refractivity contribution < 1.29 is 18.3 Å². The highest BCUT2D eigenvalue weighted by Crippen LogP contribution is 2.31. The topological polar surface area (TPSA) is 126 Å². The molecule has 0 spiro atoms. The van der Waals surface area contributed by atoms with Crippen LogP contribution in [0.15, 0.2) is 64.1 Å². The van der Waals surface area contributed by atoms with E-state index < -0.39 is 26.9 Å². The molecule has 178 valence electrons. The van der Waals surface area contributed by atoms with Gasteiger partial charge < -0.3 is 14.7 Å². The summed E-state index contributed by atoms with van der Waals surface area (Å²) in [7, 11) is -2.49. The summed E-state index contributed by atoms with van der Waals surface area (Å²) in [6.07, 6.45) is 6.60. The van der Waals surface area contributed by atoms with Gasteiger partial charge in [-0.2, -0.15) is 0 Å². The molecule has 1 aromatic heterocycles. The number of amidine groups is 1. The smallest absolute Gasteiger partial charge is 0.282 e. The first-order chi connectivity index (χ1) is 16.4. The molecular weight excluding hydrogens is 458 g/mol. The third-order valence-corrected chi connectivity index (χ3v) is 7.77. The Kier molecular flexibility index (Phi) is 5.64. The number of rotatable bonds is 5. The van der Waals surface area contributed by atoms with Crippen LogP contribution in [-0.4, -0.2) is 60.6 Å². The number of aromatic hydroxyl groups is 1. The fourth-order valence-corrected chi connectivity index (χ4v) is 5.80. The van der Waals surface area contributed by atoms with Crippen LogP contribution in [-0.2, 0) is 21.3 Å². The number of aliphatic imine (C=N–C) groups is 1. The van der Waals surface area contributed by atoms with Crippen LogP contribution in [0.4, 0.5) is 5.82 Å². The van der Waals surface area contributed by atoms with Crippen LogP contribution in [0.1, 0.15) is 24.0 Å². The summed E-state index contributed by atoms with van der Waals surface area (Å²) >= 11 is 0. The van der Waals surface area contributed by atoms with Gasteiger partial charge >= 0.3 is 0 Å². The molecule has 0 amide bonds. The number of ether oxygens (including phenoxy) is 1. The number of allylic oxidation sites excluding steroid dienone is 1. The van der Waals surface area contributed by atoms with Crippen LogP contribution in [0.25, 0.3) is 0 Å². The van der Waals surface area contributed by atoms with Gasteiger partial charge in [0.2, 0.25) is 10.0 Å². The quantitative estimate of drug-likeness (QED) is 0.653. The van der Waals surface area contributed by atoms with Crippen molar-refractivity contribution in [2.75, 3.05) is 25.1 Å². The summed E-state index contributed by atoms with van der Waals surface area (Å²) in [5, 5.41) is 14.6. The molecule has 1 fully saturated rings. The predicted molar refractivity (Wildman–Crippen MR) is 128 cm³/mol. The first-order valence-corrected chi connectivity index (χ1v) is 12.6. The number of fused-ring (bicyclic) bond motifs is 1. The number of nitrogens with one attached hydrogen (secondary N) is 1. The van der Waals surface area contributed by atoms with E-state index in [1.165, 1.54) is 17.9 Å².